The van der Waals surface area contributed by atoms with Crippen LogP contribution in [0.1, 0.15) is 17.3 Å². The minimum Gasteiger partial charge on any atom is -0.507 e. The van der Waals surface area contributed by atoms with Gasteiger partial charge in [-0.3, -0.25) is 4.79 Å². The summed E-state index contributed by atoms with van der Waals surface area (Å²) in [5.74, 6) is -0.145. The topological polar surface area (TPSA) is 37.3 Å². The fourth-order valence-corrected chi connectivity index (χ4v) is 1.77. The second-order valence-electron chi connectivity index (χ2n) is 3.80. The summed E-state index contributed by atoms with van der Waals surface area (Å²) >= 11 is 5.81. The van der Waals surface area contributed by atoms with Crippen molar-refractivity contribution >= 4 is 17.4 Å². The van der Waals surface area contributed by atoms with Gasteiger partial charge in [0.15, 0.2) is 5.78 Å². The van der Waals surface area contributed by atoms with Gasteiger partial charge in [-0.15, -0.1) is 0 Å². The number of ketones is 1. The van der Waals surface area contributed by atoms with E-state index in [4.69, 9.17) is 11.6 Å². The number of hydrogen-bond donors (Lipinski definition) is 1. The minimum atomic E-state index is -0.154. The largest absolute Gasteiger partial charge is 0.507 e. The molecule has 0 heterocycles. The average Bonchev–Trinajstić information content (AvgIpc) is 2.30. The van der Waals surface area contributed by atoms with Crippen molar-refractivity contribution in [2.24, 2.45) is 0 Å². The van der Waals surface area contributed by atoms with Gasteiger partial charge in [0.05, 0.1) is 5.56 Å². The summed E-state index contributed by atoms with van der Waals surface area (Å²) in [4.78, 5) is 11.3. The molecule has 86 valence electrons. The van der Waals surface area contributed by atoms with Gasteiger partial charge in [-0.05, 0) is 42.3 Å². The maximum atomic E-state index is 11.3. The maximum Gasteiger partial charge on any atom is 0.163 e. The maximum absolute atomic E-state index is 11.3. The van der Waals surface area contributed by atoms with E-state index >= 15 is 0 Å². The highest BCUT2D eigenvalue weighted by Crippen LogP contribution is 2.27. The molecule has 0 saturated heterocycles. The molecule has 0 bridgehead atoms. The summed E-state index contributed by atoms with van der Waals surface area (Å²) in [6.45, 7) is 1.43. The van der Waals surface area contributed by atoms with E-state index in [2.05, 4.69) is 0 Å². The first-order chi connectivity index (χ1) is 8.08. The number of rotatable bonds is 2. The summed E-state index contributed by atoms with van der Waals surface area (Å²) < 4.78 is 0. The average molecular weight is 247 g/mol. The Morgan fingerprint density at radius 1 is 1.06 bits per heavy atom. The molecular weight excluding hydrogens is 236 g/mol. The van der Waals surface area contributed by atoms with Gasteiger partial charge in [0, 0.05) is 5.02 Å². The number of carbonyl (C=O) groups excluding carboxylic acids is 1. The van der Waals surface area contributed by atoms with E-state index in [0.29, 0.717) is 10.6 Å². The van der Waals surface area contributed by atoms with Crippen LogP contribution < -0.4 is 0 Å². The molecule has 1 N–H and O–H groups in total. The number of aromatic hydroxyl groups is 1. The van der Waals surface area contributed by atoms with Crippen LogP contribution in [0.25, 0.3) is 11.1 Å². The molecule has 0 spiro atoms. The van der Waals surface area contributed by atoms with Crippen LogP contribution in [0.2, 0.25) is 5.02 Å². The number of Topliss-reactive ketones (excluding diaryl/α,β-unsaturated/α-hetero) is 1. The van der Waals surface area contributed by atoms with Gasteiger partial charge >= 0.3 is 0 Å². The molecule has 0 atom stereocenters. The third-order valence-corrected chi connectivity index (χ3v) is 2.81. The van der Waals surface area contributed by atoms with Crippen LogP contribution in [-0.4, -0.2) is 10.9 Å². The van der Waals surface area contributed by atoms with Crippen LogP contribution >= 0.6 is 11.6 Å². The molecule has 0 fully saturated rings. The highest BCUT2D eigenvalue weighted by molar-refractivity contribution is 6.30. The zero-order chi connectivity index (χ0) is 12.4. The van der Waals surface area contributed by atoms with E-state index in [1.54, 1.807) is 24.3 Å². The second kappa shape index (κ2) is 4.60. The Balaban J connectivity index is 2.50. The lowest BCUT2D eigenvalue weighted by atomic mass is 10.0. The number of phenols is 1. The quantitative estimate of drug-likeness (QED) is 0.816. The Morgan fingerprint density at radius 2 is 1.65 bits per heavy atom. The summed E-state index contributed by atoms with van der Waals surface area (Å²) in [7, 11) is 0. The van der Waals surface area contributed by atoms with Crippen LogP contribution in [0.15, 0.2) is 42.5 Å². The Morgan fingerprint density at radius 3 is 2.24 bits per heavy atom. The Hall–Kier alpha value is -1.80. The van der Waals surface area contributed by atoms with Gasteiger partial charge in [-0.25, -0.2) is 0 Å². The molecule has 0 unspecified atom stereocenters. The van der Waals surface area contributed by atoms with E-state index in [9.17, 15) is 9.90 Å². The number of phenolic OH excluding ortho intramolecular Hbond substituents is 1. The van der Waals surface area contributed by atoms with E-state index in [-0.39, 0.29) is 11.5 Å². The third kappa shape index (κ3) is 2.48. The fraction of sp³-hybridized carbons (Fsp3) is 0.0714. The Kier molecular flexibility index (Phi) is 3.16. The summed E-state index contributed by atoms with van der Waals surface area (Å²) in [5.41, 5.74) is 2.17. The van der Waals surface area contributed by atoms with Gasteiger partial charge in [-0.2, -0.15) is 0 Å². The van der Waals surface area contributed by atoms with Gasteiger partial charge in [0.2, 0.25) is 0 Å². The molecule has 0 radical (unpaired) electrons. The lowest BCUT2D eigenvalue weighted by Gasteiger charge is -2.05. The van der Waals surface area contributed by atoms with Crippen molar-refractivity contribution in [2.45, 2.75) is 6.92 Å². The lowest BCUT2D eigenvalue weighted by Crippen LogP contribution is -1.93. The summed E-state index contributed by atoms with van der Waals surface area (Å²) in [5, 5.41) is 10.2. The van der Waals surface area contributed by atoms with Crippen molar-refractivity contribution in [1.29, 1.82) is 0 Å². The van der Waals surface area contributed by atoms with Crippen LogP contribution in [0.5, 0.6) is 5.75 Å². The van der Waals surface area contributed by atoms with Crippen molar-refractivity contribution in [2.75, 3.05) is 0 Å². The first kappa shape index (κ1) is 11.7. The Bertz CT molecular complexity index is 559. The number of carbonyl (C=O) groups is 1. The van der Waals surface area contributed by atoms with Crippen molar-refractivity contribution in [3.8, 4) is 16.9 Å². The molecule has 2 aromatic carbocycles. The van der Waals surface area contributed by atoms with E-state index in [0.717, 1.165) is 11.1 Å². The predicted octanol–water partition coefficient (Wildman–Crippen LogP) is 3.92. The smallest absolute Gasteiger partial charge is 0.163 e. The van der Waals surface area contributed by atoms with Crippen molar-refractivity contribution in [1.82, 2.24) is 0 Å². The van der Waals surface area contributed by atoms with Gasteiger partial charge in [0.1, 0.15) is 5.75 Å². The molecule has 3 heteroatoms. The third-order valence-electron chi connectivity index (χ3n) is 2.55. The van der Waals surface area contributed by atoms with Crippen LogP contribution in [0, 0.1) is 0 Å². The first-order valence-electron chi connectivity index (χ1n) is 5.18. The summed E-state index contributed by atoms with van der Waals surface area (Å²) in [6, 6.07) is 12.3. The molecule has 2 aromatic rings. The number of hydrogen-bond acceptors (Lipinski definition) is 2. The molecule has 2 rings (SSSR count). The van der Waals surface area contributed by atoms with Crippen molar-refractivity contribution < 1.29 is 9.90 Å². The van der Waals surface area contributed by atoms with Gasteiger partial charge < -0.3 is 5.11 Å². The van der Waals surface area contributed by atoms with Gasteiger partial charge in [0.25, 0.3) is 0 Å². The first-order valence-corrected chi connectivity index (χ1v) is 5.55. The van der Waals surface area contributed by atoms with E-state index in [1.165, 1.54) is 13.0 Å². The molecule has 0 saturated carbocycles. The van der Waals surface area contributed by atoms with Crippen LogP contribution in [0.4, 0.5) is 0 Å². The highest BCUT2D eigenvalue weighted by Gasteiger charge is 2.08. The number of benzene rings is 2. The molecular formula is C14H11ClO2. The monoisotopic (exact) mass is 246 g/mol. The molecule has 0 aliphatic carbocycles. The lowest BCUT2D eigenvalue weighted by molar-refractivity contribution is 0.101. The fourth-order valence-electron chi connectivity index (χ4n) is 1.64. The van der Waals surface area contributed by atoms with Crippen LogP contribution in [0.3, 0.4) is 0 Å². The number of halogens is 1. The van der Waals surface area contributed by atoms with Crippen LogP contribution in [-0.2, 0) is 0 Å². The van der Waals surface area contributed by atoms with Crippen molar-refractivity contribution in [3.05, 3.63) is 53.1 Å². The standard InChI is InChI=1S/C14H11ClO2/c1-9(16)13-8-11(4-7-14(13)17)10-2-5-12(15)6-3-10/h2-8,17H,1H3. The molecule has 0 aliphatic heterocycles. The zero-order valence-corrected chi connectivity index (χ0v) is 10.0. The SMILES string of the molecule is CC(=O)c1cc(-c2ccc(Cl)cc2)ccc1O. The minimum absolute atomic E-state index is 0.00946. The van der Waals surface area contributed by atoms with E-state index < -0.39 is 0 Å². The summed E-state index contributed by atoms with van der Waals surface area (Å²) in [6.07, 6.45) is 0. The normalized spacial score (nSPS) is 10.2. The zero-order valence-electron chi connectivity index (χ0n) is 9.27. The molecule has 0 aliphatic rings. The highest BCUT2D eigenvalue weighted by atomic mass is 35.5. The van der Waals surface area contributed by atoms with Crippen molar-refractivity contribution in [3.63, 3.8) is 0 Å². The molecule has 0 amide bonds. The second-order valence-corrected chi connectivity index (χ2v) is 4.23. The molecule has 17 heavy (non-hydrogen) atoms. The predicted molar refractivity (Wildman–Crippen MR) is 68.6 cm³/mol. The van der Waals surface area contributed by atoms with Gasteiger partial charge in [-0.1, -0.05) is 29.8 Å². The molecule has 0 aromatic heterocycles. The molecule has 2 nitrogen and oxygen atoms in total. The van der Waals surface area contributed by atoms with E-state index in [1.807, 2.05) is 12.1 Å². The Labute approximate surface area is 104 Å².